The van der Waals surface area contributed by atoms with E-state index < -0.39 is 11.6 Å². The van der Waals surface area contributed by atoms with Crippen LogP contribution in [-0.4, -0.2) is 34.1 Å². The summed E-state index contributed by atoms with van der Waals surface area (Å²) in [6.07, 6.45) is 3.18. The fraction of sp³-hybridized carbons (Fsp3) is 0.304. The number of nitrogens with one attached hydrogen (secondary N) is 1. The van der Waals surface area contributed by atoms with Gasteiger partial charge >= 0.3 is 6.03 Å². The number of amides is 3. The van der Waals surface area contributed by atoms with Crippen LogP contribution in [0, 0.1) is 0 Å². The van der Waals surface area contributed by atoms with E-state index >= 15 is 0 Å². The first-order chi connectivity index (χ1) is 15.0. The Labute approximate surface area is 179 Å². The Morgan fingerprint density at radius 1 is 1.16 bits per heavy atom. The van der Waals surface area contributed by atoms with Gasteiger partial charge in [0, 0.05) is 5.56 Å². The number of hydrogen-bond donors (Lipinski definition) is 1. The molecule has 8 nitrogen and oxygen atoms in total. The molecular formula is C23H22N4O4. The molecule has 0 spiro atoms. The van der Waals surface area contributed by atoms with Crippen LogP contribution in [0.2, 0.25) is 0 Å². The molecule has 2 aliphatic rings. The van der Waals surface area contributed by atoms with E-state index in [2.05, 4.69) is 21.5 Å². The van der Waals surface area contributed by atoms with E-state index in [0.717, 1.165) is 35.3 Å². The van der Waals surface area contributed by atoms with Crippen molar-refractivity contribution in [2.75, 3.05) is 7.11 Å². The highest BCUT2D eigenvalue weighted by atomic mass is 16.5. The minimum atomic E-state index is -1.12. The second-order valence-corrected chi connectivity index (χ2v) is 8.03. The highest BCUT2D eigenvalue weighted by Gasteiger charge is 2.49. The zero-order valence-corrected chi connectivity index (χ0v) is 17.3. The Hall–Kier alpha value is -3.68. The van der Waals surface area contributed by atoms with E-state index in [1.54, 1.807) is 20.1 Å². The Bertz CT molecular complexity index is 1190. The van der Waals surface area contributed by atoms with Crippen LogP contribution in [0.15, 0.2) is 47.0 Å². The number of urea groups is 1. The summed E-state index contributed by atoms with van der Waals surface area (Å²) in [5.74, 6) is 0.876. The molecule has 1 N–H and O–H groups in total. The fourth-order valence-corrected chi connectivity index (χ4v) is 4.25. The minimum Gasteiger partial charge on any atom is -0.497 e. The van der Waals surface area contributed by atoms with Crippen molar-refractivity contribution in [1.82, 2.24) is 20.4 Å². The number of rotatable bonds is 5. The van der Waals surface area contributed by atoms with Crippen molar-refractivity contribution in [2.45, 2.75) is 38.3 Å². The zero-order chi connectivity index (χ0) is 21.6. The van der Waals surface area contributed by atoms with Gasteiger partial charge in [-0.05, 0) is 55.0 Å². The molecule has 1 atom stereocenters. The summed E-state index contributed by atoms with van der Waals surface area (Å²) in [6, 6.07) is 12.8. The Morgan fingerprint density at radius 2 is 2.00 bits per heavy atom. The van der Waals surface area contributed by atoms with Gasteiger partial charge in [0.1, 0.15) is 17.8 Å². The SMILES string of the molecule is COc1cccc(-c2noc(CN3C(=O)N[C@](C)(c4ccc5c(c4)CCC5)C3=O)n2)c1. The van der Waals surface area contributed by atoms with Crippen LogP contribution >= 0.6 is 0 Å². The van der Waals surface area contributed by atoms with E-state index in [1.165, 1.54) is 11.1 Å². The van der Waals surface area contributed by atoms with Gasteiger partial charge in [-0.3, -0.25) is 9.69 Å². The lowest BCUT2D eigenvalue weighted by Gasteiger charge is -2.22. The van der Waals surface area contributed by atoms with E-state index in [4.69, 9.17) is 9.26 Å². The van der Waals surface area contributed by atoms with E-state index in [0.29, 0.717) is 11.6 Å². The van der Waals surface area contributed by atoms with Crippen LogP contribution in [0.1, 0.15) is 35.9 Å². The first kappa shape index (κ1) is 19.3. The normalized spacial score (nSPS) is 20.1. The monoisotopic (exact) mass is 418 g/mol. The van der Waals surface area contributed by atoms with Crippen molar-refractivity contribution >= 4 is 11.9 Å². The van der Waals surface area contributed by atoms with Crippen LogP contribution in [0.4, 0.5) is 4.79 Å². The van der Waals surface area contributed by atoms with Crippen LogP contribution in [0.25, 0.3) is 11.4 Å². The lowest BCUT2D eigenvalue weighted by atomic mass is 9.90. The number of aryl methyl sites for hydroxylation is 2. The van der Waals surface area contributed by atoms with Crippen LogP contribution in [0.3, 0.4) is 0 Å². The molecule has 1 aliphatic carbocycles. The summed E-state index contributed by atoms with van der Waals surface area (Å²) in [6.45, 7) is 1.64. The standard InChI is InChI=1S/C23H22N4O4/c1-23(17-10-9-14-5-3-6-15(14)11-17)21(28)27(22(29)25-23)13-19-24-20(26-31-19)16-7-4-8-18(12-16)30-2/h4,7-12H,3,5-6,13H2,1-2H3,(H,25,29)/t23-/m1/s1. The quantitative estimate of drug-likeness (QED) is 0.639. The maximum atomic E-state index is 13.2. The number of aromatic nitrogens is 2. The smallest absolute Gasteiger partial charge is 0.325 e. The molecule has 1 saturated heterocycles. The number of ether oxygens (including phenoxy) is 1. The zero-order valence-electron chi connectivity index (χ0n) is 17.3. The first-order valence-electron chi connectivity index (χ1n) is 10.2. The summed E-state index contributed by atoms with van der Waals surface area (Å²) in [5.41, 5.74) is 2.95. The molecule has 2 aromatic carbocycles. The third-order valence-corrected chi connectivity index (χ3v) is 6.04. The molecule has 1 aliphatic heterocycles. The van der Waals surface area contributed by atoms with Crippen molar-refractivity contribution in [3.8, 4) is 17.1 Å². The van der Waals surface area contributed by atoms with Crippen molar-refractivity contribution in [2.24, 2.45) is 0 Å². The Balaban J connectivity index is 1.38. The number of imide groups is 1. The average molecular weight is 418 g/mol. The molecule has 0 unspecified atom stereocenters. The van der Waals surface area contributed by atoms with Gasteiger partial charge in [-0.2, -0.15) is 4.98 Å². The molecule has 8 heteroatoms. The third kappa shape index (κ3) is 3.24. The number of carbonyl (C=O) groups is 2. The molecule has 3 aromatic rings. The van der Waals surface area contributed by atoms with Crippen LogP contribution in [0.5, 0.6) is 5.75 Å². The largest absolute Gasteiger partial charge is 0.497 e. The predicted octanol–water partition coefficient (Wildman–Crippen LogP) is 3.20. The summed E-state index contributed by atoms with van der Waals surface area (Å²) in [5, 5.41) is 6.82. The van der Waals surface area contributed by atoms with Gasteiger partial charge < -0.3 is 14.6 Å². The summed E-state index contributed by atoms with van der Waals surface area (Å²) in [7, 11) is 1.58. The van der Waals surface area contributed by atoms with Crippen molar-refractivity contribution in [3.63, 3.8) is 0 Å². The van der Waals surface area contributed by atoms with Crippen molar-refractivity contribution < 1.29 is 18.8 Å². The summed E-state index contributed by atoms with van der Waals surface area (Å²) >= 11 is 0. The summed E-state index contributed by atoms with van der Waals surface area (Å²) < 4.78 is 10.5. The average Bonchev–Trinajstić information content (AvgIpc) is 3.49. The lowest BCUT2D eigenvalue weighted by molar-refractivity contribution is -0.131. The van der Waals surface area contributed by atoms with Crippen LogP contribution < -0.4 is 10.1 Å². The molecule has 158 valence electrons. The topological polar surface area (TPSA) is 97.6 Å². The number of hydrogen-bond acceptors (Lipinski definition) is 6. The van der Waals surface area contributed by atoms with E-state index in [-0.39, 0.29) is 18.3 Å². The van der Waals surface area contributed by atoms with Crippen LogP contribution in [-0.2, 0) is 29.7 Å². The van der Waals surface area contributed by atoms with Gasteiger partial charge in [0.2, 0.25) is 11.7 Å². The highest BCUT2D eigenvalue weighted by molar-refractivity contribution is 6.07. The molecule has 5 rings (SSSR count). The van der Waals surface area contributed by atoms with Crippen molar-refractivity contribution in [1.29, 1.82) is 0 Å². The number of fused-ring (bicyclic) bond motifs is 1. The second kappa shape index (κ2) is 7.23. The maximum absolute atomic E-state index is 13.2. The maximum Gasteiger partial charge on any atom is 0.325 e. The lowest BCUT2D eigenvalue weighted by Crippen LogP contribution is -2.41. The number of carbonyl (C=O) groups excluding carboxylic acids is 2. The molecule has 1 fully saturated rings. The number of nitrogens with zero attached hydrogens (tertiary/aromatic N) is 3. The predicted molar refractivity (Wildman–Crippen MR) is 111 cm³/mol. The van der Waals surface area contributed by atoms with Crippen molar-refractivity contribution in [3.05, 3.63) is 65.0 Å². The third-order valence-electron chi connectivity index (χ3n) is 6.04. The number of benzene rings is 2. The van der Waals surface area contributed by atoms with Gasteiger partial charge in [0.15, 0.2) is 0 Å². The van der Waals surface area contributed by atoms with Gasteiger partial charge in [-0.15, -0.1) is 0 Å². The van der Waals surface area contributed by atoms with Gasteiger partial charge in [-0.1, -0.05) is 35.5 Å². The van der Waals surface area contributed by atoms with Gasteiger partial charge in [0.05, 0.1) is 7.11 Å². The molecule has 0 saturated carbocycles. The fourth-order valence-electron chi connectivity index (χ4n) is 4.25. The van der Waals surface area contributed by atoms with Gasteiger partial charge in [0.25, 0.3) is 5.91 Å². The molecule has 0 radical (unpaired) electrons. The molecule has 1 aromatic heterocycles. The Kier molecular flexibility index (Phi) is 4.50. The van der Waals surface area contributed by atoms with E-state index in [1.807, 2.05) is 30.3 Å². The summed E-state index contributed by atoms with van der Waals surface area (Å²) in [4.78, 5) is 31.4. The molecule has 3 amide bonds. The molecule has 31 heavy (non-hydrogen) atoms. The first-order valence-corrected chi connectivity index (χ1v) is 10.2. The molecule has 0 bridgehead atoms. The molecule has 2 heterocycles. The minimum absolute atomic E-state index is 0.0951. The van der Waals surface area contributed by atoms with Gasteiger partial charge in [-0.25, -0.2) is 4.79 Å². The second-order valence-electron chi connectivity index (χ2n) is 8.03. The van der Waals surface area contributed by atoms with E-state index in [9.17, 15) is 9.59 Å². The Morgan fingerprint density at radius 3 is 2.84 bits per heavy atom. The highest BCUT2D eigenvalue weighted by Crippen LogP contribution is 2.33. The molecular weight excluding hydrogens is 396 g/mol. The number of methoxy groups -OCH3 is 1.